The second kappa shape index (κ2) is 11.7. The summed E-state index contributed by atoms with van der Waals surface area (Å²) in [4.78, 5) is 14.7. The minimum absolute atomic E-state index is 0.0628. The lowest BCUT2D eigenvalue weighted by molar-refractivity contribution is -0.240. The quantitative estimate of drug-likeness (QED) is 0.112. The number of allylic oxidation sites excluding steroid dienone is 3. The lowest BCUT2D eigenvalue weighted by Crippen LogP contribution is -2.75. The highest BCUT2D eigenvalue weighted by molar-refractivity contribution is 5.59. The van der Waals surface area contributed by atoms with Gasteiger partial charge in [-0.25, -0.2) is 4.79 Å². The Morgan fingerprint density at radius 1 is 1.12 bits per heavy atom. The van der Waals surface area contributed by atoms with Gasteiger partial charge in [-0.3, -0.25) is 4.90 Å². The second-order valence-electron chi connectivity index (χ2n) is 13.3. The van der Waals surface area contributed by atoms with E-state index in [0.717, 1.165) is 68.9 Å². The normalized spacial score (nSPS) is 35.8. The summed E-state index contributed by atoms with van der Waals surface area (Å²) in [6, 6.07) is 0.160. The number of nitrogens with zero attached hydrogens (tertiary/aromatic N) is 1. The molecule has 0 aromatic rings. The Balaban J connectivity index is 1.04. The Morgan fingerprint density at radius 3 is 2.67 bits per heavy atom. The molecule has 1 spiro atoms. The zero-order valence-corrected chi connectivity index (χ0v) is 24.4. The minimum atomic E-state index is -0.791. The summed E-state index contributed by atoms with van der Waals surface area (Å²) < 4.78 is 23.2. The van der Waals surface area contributed by atoms with Gasteiger partial charge in [0.25, 0.3) is 0 Å². The van der Waals surface area contributed by atoms with E-state index < -0.39 is 11.8 Å². The molecule has 6 rings (SSSR count). The number of carbonyl (C=O) groups is 1. The van der Waals surface area contributed by atoms with Crippen molar-refractivity contribution in [3.8, 4) is 0 Å². The molecule has 5 fully saturated rings. The van der Waals surface area contributed by atoms with Crippen LogP contribution in [0.25, 0.3) is 0 Å². The largest absolute Gasteiger partial charge is 0.511 e. The van der Waals surface area contributed by atoms with Crippen molar-refractivity contribution in [1.29, 1.82) is 0 Å². The van der Waals surface area contributed by atoms with Crippen molar-refractivity contribution in [2.45, 2.75) is 115 Å². The van der Waals surface area contributed by atoms with E-state index in [1.807, 2.05) is 6.08 Å². The topological polar surface area (TPSA) is 77.5 Å². The van der Waals surface area contributed by atoms with E-state index in [1.165, 1.54) is 51.4 Å². The molecule has 2 saturated heterocycles. The molecule has 2 heterocycles. The first kappa shape index (κ1) is 28.1. The van der Waals surface area contributed by atoms with E-state index in [1.54, 1.807) is 0 Å². The van der Waals surface area contributed by atoms with Gasteiger partial charge in [-0.1, -0.05) is 64.5 Å². The van der Waals surface area contributed by atoms with E-state index in [-0.39, 0.29) is 30.3 Å². The molecule has 2 aliphatic heterocycles. The molecule has 0 amide bonds. The highest BCUT2D eigenvalue weighted by Crippen LogP contribution is 2.70. The first-order valence-corrected chi connectivity index (χ1v) is 16.1. The Morgan fingerprint density at radius 2 is 1.90 bits per heavy atom. The molecular formula is C33H49NO6. The lowest BCUT2D eigenvalue weighted by atomic mass is 9.44. The first-order chi connectivity index (χ1) is 19.5. The fraction of sp³-hybridized carbons (Fsp3) is 0.788. The molecule has 3 saturated carbocycles. The van der Waals surface area contributed by atoms with Crippen LogP contribution in [0.3, 0.4) is 0 Å². The van der Waals surface area contributed by atoms with Crippen LogP contribution in [-0.4, -0.2) is 60.4 Å². The summed E-state index contributed by atoms with van der Waals surface area (Å²) in [6.07, 6.45) is 18.9. The predicted octanol–water partition coefficient (Wildman–Crippen LogP) is 6.62. The van der Waals surface area contributed by atoms with Gasteiger partial charge in [0.05, 0.1) is 17.6 Å². The number of likely N-dealkylation sites (tertiary alicyclic amines) is 1. The fourth-order valence-corrected chi connectivity index (χ4v) is 8.68. The van der Waals surface area contributed by atoms with Crippen molar-refractivity contribution in [1.82, 2.24) is 4.90 Å². The number of hydrogen-bond acceptors (Lipinski definition) is 7. The summed E-state index contributed by atoms with van der Waals surface area (Å²) in [5, 5.41) is 12.5. The summed E-state index contributed by atoms with van der Waals surface area (Å²) >= 11 is 0. The van der Waals surface area contributed by atoms with Gasteiger partial charge in [-0.05, 0) is 75.0 Å². The van der Waals surface area contributed by atoms with Crippen LogP contribution in [0.4, 0.5) is 4.79 Å². The standard InChI is InChI=1S/C33H49NO6/c1-3-4-5-6-7-8-9-10-19-37-31(35)39-22-38-26-14-13-25-20-27-33(36)16-15-23(2)30-32(33,28(25)29(26)40-30)17-18-34(27)21-24-11-12-24/h13-14,24-25,27-28,30,36H,2-12,15-22H2,1H3/t25?,27?,28?,30-,32-,33+/m0/s1. The number of carbonyl (C=O) groups excluding carboxylic acids is 1. The van der Waals surface area contributed by atoms with Crippen LogP contribution in [0.1, 0.15) is 96.8 Å². The maximum atomic E-state index is 12.5. The predicted molar refractivity (Wildman–Crippen MR) is 152 cm³/mol. The van der Waals surface area contributed by atoms with Crippen LogP contribution in [-0.2, 0) is 18.9 Å². The summed E-state index contributed by atoms with van der Waals surface area (Å²) in [7, 11) is 0. The third-order valence-corrected chi connectivity index (χ3v) is 10.8. The van der Waals surface area contributed by atoms with Gasteiger partial charge in [0.2, 0.25) is 6.79 Å². The van der Waals surface area contributed by atoms with E-state index in [4.69, 9.17) is 18.9 Å². The van der Waals surface area contributed by atoms with Crippen LogP contribution in [0, 0.1) is 23.2 Å². The van der Waals surface area contributed by atoms with Gasteiger partial charge < -0.3 is 24.1 Å². The summed E-state index contributed by atoms with van der Waals surface area (Å²) in [6.45, 7) is 8.90. The number of unbranched alkanes of at least 4 members (excludes halogenated alkanes) is 7. The zero-order chi connectivity index (χ0) is 27.7. The third kappa shape index (κ3) is 4.99. The van der Waals surface area contributed by atoms with Gasteiger partial charge in [0, 0.05) is 18.5 Å². The van der Waals surface area contributed by atoms with Crippen molar-refractivity contribution in [2.24, 2.45) is 23.2 Å². The average Bonchev–Trinajstić information content (AvgIpc) is 3.69. The number of ether oxygens (including phenoxy) is 4. The molecule has 6 atom stereocenters. The molecule has 6 aliphatic rings. The number of rotatable bonds is 14. The van der Waals surface area contributed by atoms with E-state index in [0.29, 0.717) is 18.3 Å². The van der Waals surface area contributed by atoms with Crippen molar-refractivity contribution < 1.29 is 28.8 Å². The van der Waals surface area contributed by atoms with Crippen LogP contribution < -0.4 is 0 Å². The maximum Gasteiger partial charge on any atom is 0.511 e. The third-order valence-electron chi connectivity index (χ3n) is 10.8. The molecule has 222 valence electrons. The Bertz CT molecular complexity index is 1020. The van der Waals surface area contributed by atoms with Gasteiger partial charge >= 0.3 is 6.16 Å². The number of hydrogen-bond donors (Lipinski definition) is 1. The highest BCUT2D eigenvalue weighted by atomic mass is 16.8. The molecule has 0 aromatic heterocycles. The molecule has 40 heavy (non-hydrogen) atoms. The Hall–Kier alpha value is -1.99. The van der Waals surface area contributed by atoms with E-state index >= 15 is 0 Å². The van der Waals surface area contributed by atoms with Gasteiger partial charge in [-0.2, -0.15) is 0 Å². The van der Waals surface area contributed by atoms with Crippen LogP contribution >= 0.6 is 0 Å². The molecule has 0 aromatic carbocycles. The lowest BCUT2D eigenvalue weighted by Gasteiger charge is -2.66. The summed E-state index contributed by atoms with van der Waals surface area (Å²) in [5.41, 5.74) is -0.0802. The van der Waals surface area contributed by atoms with Crippen molar-refractivity contribution in [3.63, 3.8) is 0 Å². The zero-order valence-electron chi connectivity index (χ0n) is 24.4. The highest BCUT2D eigenvalue weighted by Gasteiger charge is 2.76. The molecule has 7 heteroatoms. The summed E-state index contributed by atoms with van der Waals surface area (Å²) in [5.74, 6) is 2.57. The maximum absolute atomic E-state index is 12.5. The van der Waals surface area contributed by atoms with E-state index in [2.05, 4.69) is 24.5 Å². The molecule has 4 aliphatic carbocycles. The Labute approximate surface area is 239 Å². The minimum Gasteiger partial charge on any atom is -0.485 e. The van der Waals surface area contributed by atoms with Crippen LogP contribution in [0.5, 0.6) is 0 Å². The first-order valence-electron chi connectivity index (χ1n) is 16.1. The molecule has 0 radical (unpaired) electrons. The number of aliphatic hydroxyl groups is 1. The molecule has 2 bridgehead atoms. The SMILES string of the molecule is C=C1CC[C@@]2(O)C3CC4C=CC(OCOC(=O)OCCCCCCCCCC)=C5O[C@@H]1[C@]2(CCN3CC1CC1)C54. The van der Waals surface area contributed by atoms with Crippen LogP contribution in [0.2, 0.25) is 0 Å². The molecular weight excluding hydrogens is 506 g/mol. The Kier molecular flexibility index (Phi) is 8.24. The molecule has 3 unspecified atom stereocenters. The molecule has 7 nitrogen and oxygen atoms in total. The van der Waals surface area contributed by atoms with Gasteiger partial charge in [0.15, 0.2) is 5.76 Å². The van der Waals surface area contributed by atoms with Crippen molar-refractivity contribution >= 4 is 6.16 Å². The number of piperidine rings is 1. The fourth-order valence-electron chi connectivity index (χ4n) is 8.68. The average molecular weight is 556 g/mol. The van der Waals surface area contributed by atoms with Crippen LogP contribution in [0.15, 0.2) is 35.8 Å². The van der Waals surface area contributed by atoms with Crippen molar-refractivity contribution in [3.05, 3.63) is 35.8 Å². The van der Waals surface area contributed by atoms with Gasteiger partial charge in [-0.15, -0.1) is 0 Å². The van der Waals surface area contributed by atoms with Gasteiger partial charge in [0.1, 0.15) is 11.9 Å². The smallest absolute Gasteiger partial charge is 0.485 e. The monoisotopic (exact) mass is 555 g/mol. The second-order valence-corrected chi connectivity index (χ2v) is 13.3. The van der Waals surface area contributed by atoms with Crippen molar-refractivity contribution in [2.75, 3.05) is 26.5 Å². The van der Waals surface area contributed by atoms with E-state index in [9.17, 15) is 9.90 Å². The molecule has 1 N–H and O–H groups in total.